The summed E-state index contributed by atoms with van der Waals surface area (Å²) < 4.78 is 6.29. The van der Waals surface area contributed by atoms with Crippen LogP contribution in [-0.4, -0.2) is 36.5 Å². The first-order chi connectivity index (χ1) is 24.5. The Bertz CT molecular complexity index is 1920. The number of pyridine rings is 5. The van der Waals surface area contributed by atoms with Gasteiger partial charge < -0.3 is 5.73 Å². The summed E-state index contributed by atoms with van der Waals surface area (Å²) in [5.41, 5.74) is 14.9. The van der Waals surface area contributed by atoms with Crippen molar-refractivity contribution in [2.45, 2.75) is 83.8 Å². The lowest BCUT2D eigenvalue weighted by Gasteiger charge is -2.26. The number of rotatable bonds is 16. The zero-order chi connectivity index (χ0) is 34.7. The monoisotopic (exact) mass is 667 g/mol. The minimum Gasteiger partial charge on any atom is -0.325 e. The molecule has 3 atom stereocenters. The maximum atomic E-state index is 5.75. The molecule has 0 saturated heterocycles. The zero-order valence-corrected chi connectivity index (χ0v) is 29.5. The summed E-state index contributed by atoms with van der Waals surface area (Å²) in [5, 5.41) is 8.86. The lowest BCUT2D eigenvalue weighted by molar-refractivity contribution is -0.696. The van der Waals surface area contributed by atoms with E-state index in [0.717, 1.165) is 67.0 Å². The fourth-order valence-corrected chi connectivity index (χ4v) is 6.78. The average molecular weight is 668 g/mol. The third-order valence-electron chi connectivity index (χ3n) is 9.70. The third kappa shape index (κ3) is 9.30. The van der Waals surface area contributed by atoms with Crippen LogP contribution in [0.15, 0.2) is 116 Å². The molecule has 0 saturated carbocycles. The van der Waals surface area contributed by atoms with Gasteiger partial charge in [-0.2, -0.15) is 0 Å². The van der Waals surface area contributed by atoms with Crippen LogP contribution in [-0.2, 0) is 26.1 Å². The molecular formula is C41H49N9+2. The number of aryl methyl sites for hydroxylation is 3. The van der Waals surface area contributed by atoms with Gasteiger partial charge in [0.1, 0.15) is 0 Å². The van der Waals surface area contributed by atoms with Crippen LogP contribution in [0.4, 0.5) is 0 Å². The van der Waals surface area contributed by atoms with Crippen molar-refractivity contribution < 1.29 is 9.13 Å². The van der Waals surface area contributed by atoms with E-state index in [2.05, 4.69) is 128 Å². The molecule has 50 heavy (non-hydrogen) atoms. The lowest BCUT2D eigenvalue weighted by Crippen LogP contribution is -2.36. The van der Waals surface area contributed by atoms with Gasteiger partial charge in [-0.15, -0.1) is 5.10 Å². The summed E-state index contributed by atoms with van der Waals surface area (Å²) in [7, 11) is 0. The Kier molecular flexibility index (Phi) is 11.8. The van der Waals surface area contributed by atoms with Crippen LogP contribution >= 0.6 is 0 Å². The van der Waals surface area contributed by atoms with E-state index in [4.69, 9.17) is 5.73 Å². The Morgan fingerprint density at radius 2 is 1.40 bits per heavy atom. The molecule has 6 aromatic rings. The molecule has 2 N–H and O–H groups in total. The van der Waals surface area contributed by atoms with Gasteiger partial charge in [0.2, 0.25) is 0 Å². The molecule has 0 radical (unpaired) electrons. The standard InChI is InChI=1S/C41H49N9/c1-4-34(28-38(36-7-15-43-16-8-36)26-32(3)35-9-19-49(20-10-35)24-14-42)37-11-21-48(22-12-37)23-13-39-30-50(47-46-39)29-33-6-18-45-41(27-33)40-25-31(2)5-17-44-40/h5-12,15-22,25,27,30,32,34,38H,4,13-14,23-24,26,28-29,42H2,1-3H3/q+2. The molecule has 6 heterocycles. The van der Waals surface area contributed by atoms with Crippen molar-refractivity contribution >= 4 is 0 Å². The van der Waals surface area contributed by atoms with E-state index in [1.807, 2.05) is 47.8 Å². The summed E-state index contributed by atoms with van der Waals surface area (Å²) in [4.78, 5) is 13.3. The van der Waals surface area contributed by atoms with Crippen LogP contribution < -0.4 is 14.9 Å². The van der Waals surface area contributed by atoms with Gasteiger partial charge in [0.05, 0.1) is 36.6 Å². The molecule has 0 spiro atoms. The van der Waals surface area contributed by atoms with Crippen molar-refractivity contribution in [2.75, 3.05) is 6.54 Å². The zero-order valence-electron chi connectivity index (χ0n) is 29.5. The van der Waals surface area contributed by atoms with Crippen LogP contribution in [0, 0.1) is 6.92 Å². The molecule has 256 valence electrons. The molecule has 0 aliphatic carbocycles. The van der Waals surface area contributed by atoms with Crippen molar-refractivity contribution in [1.82, 2.24) is 29.9 Å². The van der Waals surface area contributed by atoms with Gasteiger partial charge in [-0.05, 0) is 108 Å². The van der Waals surface area contributed by atoms with E-state index < -0.39 is 0 Å². The fraction of sp³-hybridized carbons (Fsp3) is 0.341. The van der Waals surface area contributed by atoms with E-state index in [1.165, 1.54) is 16.7 Å². The van der Waals surface area contributed by atoms with E-state index in [0.29, 0.717) is 30.8 Å². The molecule has 9 nitrogen and oxygen atoms in total. The summed E-state index contributed by atoms with van der Waals surface area (Å²) in [6.07, 6.45) is 22.4. The van der Waals surface area contributed by atoms with Gasteiger partial charge in [-0.3, -0.25) is 15.0 Å². The normalized spacial score (nSPS) is 13.2. The molecule has 3 unspecified atom stereocenters. The second-order valence-corrected chi connectivity index (χ2v) is 13.4. The van der Waals surface area contributed by atoms with Crippen LogP contribution in [0.25, 0.3) is 11.4 Å². The Labute approximate surface area is 295 Å². The van der Waals surface area contributed by atoms with Crippen LogP contribution in [0.3, 0.4) is 0 Å². The molecular weight excluding hydrogens is 619 g/mol. The van der Waals surface area contributed by atoms with Gasteiger partial charge in [-0.25, -0.2) is 13.8 Å². The highest BCUT2D eigenvalue weighted by atomic mass is 15.4. The highest BCUT2D eigenvalue weighted by molar-refractivity contribution is 5.55. The smallest absolute Gasteiger partial charge is 0.169 e. The molecule has 0 aliphatic rings. The maximum Gasteiger partial charge on any atom is 0.169 e. The number of nitrogens with zero attached hydrogens (tertiary/aromatic N) is 8. The van der Waals surface area contributed by atoms with Crippen molar-refractivity contribution in [3.8, 4) is 11.4 Å². The summed E-state index contributed by atoms with van der Waals surface area (Å²) in [5.74, 6) is 1.34. The summed E-state index contributed by atoms with van der Waals surface area (Å²) >= 11 is 0. The fourth-order valence-electron chi connectivity index (χ4n) is 6.78. The SMILES string of the molecule is CCC(CC(CC(C)c1cc[n+](CCN)cc1)c1ccncc1)c1cc[n+](CCc2cn(Cc3ccnc(-c4cc(C)ccn4)c3)nn2)cc1. The topological polar surface area (TPSA) is 103 Å². The van der Waals surface area contributed by atoms with E-state index in [-0.39, 0.29) is 0 Å². The Hall–Kier alpha value is -5.15. The molecule has 0 bridgehead atoms. The predicted octanol–water partition coefficient (Wildman–Crippen LogP) is 6.12. The number of nitrogens with two attached hydrogens (primary N) is 1. The second kappa shape index (κ2) is 17.0. The van der Waals surface area contributed by atoms with Crippen molar-refractivity contribution in [1.29, 1.82) is 0 Å². The first kappa shape index (κ1) is 34.7. The Morgan fingerprint density at radius 1 is 0.740 bits per heavy atom. The predicted molar refractivity (Wildman–Crippen MR) is 195 cm³/mol. The lowest BCUT2D eigenvalue weighted by atomic mass is 9.79. The number of aromatic nitrogens is 8. The average Bonchev–Trinajstić information content (AvgIpc) is 3.60. The molecule has 9 heteroatoms. The summed E-state index contributed by atoms with van der Waals surface area (Å²) in [6.45, 7) is 9.68. The molecule has 0 aromatic carbocycles. The number of hydrogen-bond acceptors (Lipinski definition) is 6. The maximum absolute atomic E-state index is 5.75. The first-order valence-corrected chi connectivity index (χ1v) is 17.8. The van der Waals surface area contributed by atoms with Crippen LogP contribution in [0.2, 0.25) is 0 Å². The Balaban J connectivity index is 1.06. The molecule has 6 rings (SSSR count). The van der Waals surface area contributed by atoms with Crippen LogP contribution in [0.5, 0.6) is 0 Å². The van der Waals surface area contributed by atoms with Crippen LogP contribution in [0.1, 0.15) is 84.4 Å². The van der Waals surface area contributed by atoms with E-state index in [1.54, 1.807) is 0 Å². The van der Waals surface area contributed by atoms with Gasteiger partial charge in [0.15, 0.2) is 37.9 Å². The Morgan fingerprint density at radius 3 is 2.10 bits per heavy atom. The van der Waals surface area contributed by atoms with E-state index >= 15 is 0 Å². The molecule has 0 aliphatic heterocycles. The highest BCUT2D eigenvalue weighted by Crippen LogP contribution is 2.38. The third-order valence-corrected chi connectivity index (χ3v) is 9.70. The summed E-state index contributed by atoms with van der Waals surface area (Å²) in [6, 6.07) is 21.6. The van der Waals surface area contributed by atoms with Gasteiger partial charge in [0, 0.05) is 55.2 Å². The van der Waals surface area contributed by atoms with Crippen molar-refractivity contribution in [3.05, 3.63) is 150 Å². The minimum atomic E-state index is 0.433. The highest BCUT2D eigenvalue weighted by Gasteiger charge is 2.23. The van der Waals surface area contributed by atoms with Gasteiger partial charge in [-0.1, -0.05) is 19.1 Å². The quantitative estimate of drug-likeness (QED) is 0.125. The van der Waals surface area contributed by atoms with Gasteiger partial charge >= 0.3 is 0 Å². The van der Waals surface area contributed by atoms with E-state index in [9.17, 15) is 0 Å². The second-order valence-electron chi connectivity index (χ2n) is 13.4. The molecule has 6 aromatic heterocycles. The first-order valence-electron chi connectivity index (χ1n) is 17.8. The number of hydrogen-bond donors (Lipinski definition) is 1. The van der Waals surface area contributed by atoms with Crippen molar-refractivity contribution in [3.63, 3.8) is 0 Å². The van der Waals surface area contributed by atoms with Crippen molar-refractivity contribution in [2.24, 2.45) is 5.73 Å². The molecule has 0 fully saturated rings. The minimum absolute atomic E-state index is 0.433. The molecule has 0 amide bonds. The van der Waals surface area contributed by atoms with Gasteiger partial charge in [0.25, 0.3) is 0 Å². The largest absolute Gasteiger partial charge is 0.325 e.